The highest BCUT2D eigenvalue weighted by Crippen LogP contribution is 2.15. The Hall–Kier alpha value is -1.79. The maximum atomic E-state index is 12.0. The number of nitrogens with one attached hydrogen (secondary N) is 1. The van der Waals surface area contributed by atoms with Crippen LogP contribution in [0.5, 0.6) is 0 Å². The molecule has 20 heavy (non-hydrogen) atoms. The van der Waals surface area contributed by atoms with Gasteiger partial charge in [-0.2, -0.15) is 0 Å². The van der Waals surface area contributed by atoms with Crippen LogP contribution in [0.2, 0.25) is 0 Å². The number of carboxylic acids is 1. The molecule has 1 unspecified atom stereocenters. The quantitative estimate of drug-likeness (QED) is 0.730. The van der Waals surface area contributed by atoms with Gasteiger partial charge in [-0.05, 0) is 25.2 Å². The van der Waals surface area contributed by atoms with Crippen molar-refractivity contribution in [2.45, 2.75) is 38.6 Å². The maximum absolute atomic E-state index is 12.0. The first kappa shape index (κ1) is 16.3. The average molecular weight is 286 g/mol. The number of carbonyl (C=O) groups is 3. The summed E-state index contributed by atoms with van der Waals surface area (Å²) in [7, 11) is 1.24. The van der Waals surface area contributed by atoms with Crippen LogP contribution in [0.3, 0.4) is 0 Å². The SMILES string of the molecule is COC(=O)CC[C@H](NC(=O)N1CCCC(C)C1)C(=O)O. The number of amides is 2. The first-order chi connectivity index (χ1) is 9.43. The van der Waals surface area contributed by atoms with Gasteiger partial charge in [0, 0.05) is 19.5 Å². The number of carboxylic acid groups (broad SMARTS) is 1. The summed E-state index contributed by atoms with van der Waals surface area (Å²) < 4.78 is 4.46. The van der Waals surface area contributed by atoms with Gasteiger partial charge in [0.2, 0.25) is 0 Å². The topological polar surface area (TPSA) is 95.9 Å². The predicted molar refractivity (Wildman–Crippen MR) is 71.2 cm³/mol. The third-order valence-electron chi connectivity index (χ3n) is 3.40. The molecule has 1 heterocycles. The molecule has 2 N–H and O–H groups in total. The van der Waals surface area contributed by atoms with Crippen molar-refractivity contribution in [3.8, 4) is 0 Å². The van der Waals surface area contributed by atoms with E-state index in [0.717, 1.165) is 12.8 Å². The second-order valence-electron chi connectivity index (χ2n) is 5.15. The van der Waals surface area contributed by atoms with Crippen LogP contribution in [-0.4, -0.2) is 54.2 Å². The molecule has 1 aliphatic heterocycles. The van der Waals surface area contributed by atoms with Gasteiger partial charge in [-0.1, -0.05) is 6.92 Å². The Morgan fingerprint density at radius 3 is 2.70 bits per heavy atom. The molecule has 7 heteroatoms. The van der Waals surface area contributed by atoms with Crippen molar-refractivity contribution in [1.82, 2.24) is 10.2 Å². The number of piperidine rings is 1. The van der Waals surface area contributed by atoms with Gasteiger partial charge in [-0.25, -0.2) is 9.59 Å². The van der Waals surface area contributed by atoms with E-state index in [1.807, 2.05) is 0 Å². The van der Waals surface area contributed by atoms with Crippen LogP contribution in [-0.2, 0) is 14.3 Å². The summed E-state index contributed by atoms with van der Waals surface area (Å²) in [6, 6.07) is -1.45. The predicted octanol–water partition coefficient (Wildman–Crippen LogP) is 0.834. The summed E-state index contributed by atoms with van der Waals surface area (Å²) in [6.07, 6.45) is 1.99. The fourth-order valence-electron chi connectivity index (χ4n) is 2.24. The molecule has 1 saturated heterocycles. The fourth-order valence-corrected chi connectivity index (χ4v) is 2.24. The van der Waals surface area contributed by atoms with Gasteiger partial charge in [0.25, 0.3) is 0 Å². The lowest BCUT2D eigenvalue weighted by Gasteiger charge is -2.31. The van der Waals surface area contributed by atoms with E-state index in [-0.39, 0.29) is 18.9 Å². The molecule has 0 aromatic heterocycles. The van der Waals surface area contributed by atoms with Gasteiger partial charge >= 0.3 is 18.0 Å². The largest absolute Gasteiger partial charge is 0.480 e. The highest BCUT2D eigenvalue weighted by Gasteiger charge is 2.26. The third-order valence-corrected chi connectivity index (χ3v) is 3.40. The lowest BCUT2D eigenvalue weighted by Crippen LogP contribution is -2.50. The Labute approximate surface area is 118 Å². The van der Waals surface area contributed by atoms with Gasteiger partial charge in [0.1, 0.15) is 6.04 Å². The molecular formula is C13H22N2O5. The standard InChI is InChI=1S/C13H22N2O5/c1-9-4-3-7-15(8-9)13(19)14-10(12(17)18)5-6-11(16)20-2/h9-10H,3-8H2,1-2H3,(H,14,19)(H,17,18)/t9?,10-/m0/s1. The van der Waals surface area contributed by atoms with Crippen LogP contribution in [0.4, 0.5) is 4.79 Å². The summed E-state index contributed by atoms with van der Waals surface area (Å²) >= 11 is 0. The number of aliphatic carboxylic acids is 1. The molecule has 1 rings (SSSR count). The Balaban J connectivity index is 2.49. The highest BCUT2D eigenvalue weighted by atomic mass is 16.5. The van der Waals surface area contributed by atoms with Crippen molar-refractivity contribution < 1.29 is 24.2 Å². The van der Waals surface area contributed by atoms with Crippen LogP contribution in [0.1, 0.15) is 32.6 Å². The molecule has 0 aliphatic carbocycles. The summed E-state index contributed by atoms with van der Waals surface area (Å²) in [5.41, 5.74) is 0. The van der Waals surface area contributed by atoms with Crippen molar-refractivity contribution >= 4 is 18.0 Å². The maximum Gasteiger partial charge on any atom is 0.326 e. The summed E-state index contributed by atoms with van der Waals surface area (Å²) in [6.45, 7) is 3.33. The zero-order valence-electron chi connectivity index (χ0n) is 11.9. The van der Waals surface area contributed by atoms with Gasteiger partial charge in [0.15, 0.2) is 0 Å². The molecule has 2 atom stereocenters. The van der Waals surface area contributed by atoms with Crippen LogP contribution >= 0.6 is 0 Å². The second kappa shape index (κ2) is 7.72. The normalized spacial score (nSPS) is 20.1. The van der Waals surface area contributed by atoms with E-state index in [1.165, 1.54) is 7.11 Å². The number of ether oxygens (including phenoxy) is 1. The number of hydrogen-bond acceptors (Lipinski definition) is 4. The molecule has 1 fully saturated rings. The number of urea groups is 1. The molecule has 0 radical (unpaired) electrons. The van der Waals surface area contributed by atoms with E-state index < -0.39 is 18.0 Å². The minimum atomic E-state index is -1.15. The second-order valence-corrected chi connectivity index (χ2v) is 5.15. The molecule has 114 valence electrons. The van der Waals surface area contributed by atoms with E-state index in [0.29, 0.717) is 19.0 Å². The zero-order valence-corrected chi connectivity index (χ0v) is 11.9. The molecule has 0 aromatic carbocycles. The van der Waals surface area contributed by atoms with Crippen molar-refractivity contribution in [2.75, 3.05) is 20.2 Å². The van der Waals surface area contributed by atoms with Crippen LogP contribution < -0.4 is 5.32 Å². The molecule has 0 saturated carbocycles. The van der Waals surface area contributed by atoms with Crippen molar-refractivity contribution in [1.29, 1.82) is 0 Å². The minimum Gasteiger partial charge on any atom is -0.480 e. The molecular weight excluding hydrogens is 264 g/mol. The van der Waals surface area contributed by atoms with E-state index in [1.54, 1.807) is 4.90 Å². The summed E-state index contributed by atoms with van der Waals surface area (Å²) in [5, 5.41) is 11.5. The Kier molecular flexibility index (Phi) is 6.27. The molecule has 0 bridgehead atoms. The summed E-state index contributed by atoms with van der Waals surface area (Å²) in [4.78, 5) is 35.8. The fraction of sp³-hybridized carbons (Fsp3) is 0.769. The first-order valence-electron chi connectivity index (χ1n) is 6.79. The molecule has 2 amide bonds. The molecule has 1 aliphatic rings. The third kappa shape index (κ3) is 5.07. The Morgan fingerprint density at radius 1 is 1.45 bits per heavy atom. The van der Waals surface area contributed by atoms with Gasteiger partial charge in [-0.3, -0.25) is 4.79 Å². The lowest BCUT2D eigenvalue weighted by molar-refractivity contribution is -0.142. The summed E-state index contributed by atoms with van der Waals surface area (Å²) in [5.74, 6) is -1.21. The number of esters is 1. The van der Waals surface area contributed by atoms with E-state index in [2.05, 4.69) is 17.0 Å². The van der Waals surface area contributed by atoms with Gasteiger partial charge in [0.05, 0.1) is 7.11 Å². The number of methoxy groups -OCH3 is 1. The van der Waals surface area contributed by atoms with Crippen molar-refractivity contribution in [3.63, 3.8) is 0 Å². The molecule has 0 aromatic rings. The van der Waals surface area contributed by atoms with Gasteiger partial charge < -0.3 is 20.1 Å². The first-order valence-corrected chi connectivity index (χ1v) is 6.79. The van der Waals surface area contributed by atoms with Gasteiger partial charge in [-0.15, -0.1) is 0 Å². The molecule has 0 spiro atoms. The van der Waals surface area contributed by atoms with Crippen molar-refractivity contribution in [3.05, 3.63) is 0 Å². The van der Waals surface area contributed by atoms with Crippen molar-refractivity contribution in [2.24, 2.45) is 5.92 Å². The van der Waals surface area contributed by atoms with E-state index in [9.17, 15) is 14.4 Å². The lowest BCUT2D eigenvalue weighted by atomic mass is 10.0. The monoisotopic (exact) mass is 286 g/mol. The smallest absolute Gasteiger partial charge is 0.326 e. The Morgan fingerprint density at radius 2 is 2.15 bits per heavy atom. The van der Waals surface area contributed by atoms with E-state index in [4.69, 9.17) is 5.11 Å². The number of hydrogen-bond donors (Lipinski definition) is 2. The number of carbonyl (C=O) groups excluding carboxylic acids is 2. The minimum absolute atomic E-state index is 0.0249. The average Bonchev–Trinajstić information content (AvgIpc) is 2.42. The van der Waals surface area contributed by atoms with Crippen LogP contribution in [0.25, 0.3) is 0 Å². The number of likely N-dealkylation sites (tertiary alicyclic amines) is 1. The van der Waals surface area contributed by atoms with Crippen LogP contribution in [0.15, 0.2) is 0 Å². The Bertz CT molecular complexity index is 372. The highest BCUT2D eigenvalue weighted by molar-refractivity contribution is 5.83. The number of rotatable bonds is 5. The zero-order chi connectivity index (χ0) is 15.1. The number of nitrogens with zero attached hydrogens (tertiary/aromatic N) is 1. The van der Waals surface area contributed by atoms with Crippen LogP contribution in [0, 0.1) is 5.92 Å². The van der Waals surface area contributed by atoms with E-state index >= 15 is 0 Å². The molecule has 7 nitrogen and oxygen atoms in total.